The Labute approximate surface area is 54.9 Å². The van der Waals surface area contributed by atoms with E-state index in [2.05, 4.69) is 0 Å². The fourth-order valence-electron chi connectivity index (χ4n) is 0.605. The lowest BCUT2D eigenvalue weighted by molar-refractivity contribution is -0.115. The second-order valence-electron chi connectivity index (χ2n) is 2.08. The molecular formula is C6H13NO2. The molecule has 0 amide bonds. The number of aliphatic hydroxyl groups is 1. The summed E-state index contributed by atoms with van der Waals surface area (Å²) < 4.78 is 0. The van der Waals surface area contributed by atoms with Crippen LogP contribution in [0.15, 0.2) is 0 Å². The molecule has 3 heteroatoms. The number of carbonyl (C=O) groups is 1. The van der Waals surface area contributed by atoms with Gasteiger partial charge in [0, 0.05) is 6.04 Å². The Morgan fingerprint density at radius 3 is 2.67 bits per heavy atom. The first-order valence-corrected chi connectivity index (χ1v) is 3.11. The van der Waals surface area contributed by atoms with Crippen molar-refractivity contribution in [1.82, 2.24) is 0 Å². The molecule has 0 aromatic carbocycles. The van der Waals surface area contributed by atoms with Gasteiger partial charge in [-0.3, -0.25) is 0 Å². The van der Waals surface area contributed by atoms with Crippen LogP contribution in [0.5, 0.6) is 0 Å². The first kappa shape index (κ1) is 8.59. The smallest absolute Gasteiger partial charge is 0.150 e. The molecule has 0 fully saturated rings. The molecule has 0 aliphatic carbocycles. The second kappa shape index (κ2) is 4.47. The highest BCUT2D eigenvalue weighted by Crippen LogP contribution is 1.96. The topological polar surface area (TPSA) is 63.3 Å². The average molecular weight is 131 g/mol. The minimum atomic E-state index is -0.982. The van der Waals surface area contributed by atoms with Crippen LogP contribution in [0.3, 0.4) is 0 Å². The van der Waals surface area contributed by atoms with Gasteiger partial charge in [0.1, 0.15) is 12.4 Å². The molecule has 0 radical (unpaired) electrons. The van der Waals surface area contributed by atoms with Crippen LogP contribution < -0.4 is 5.73 Å². The van der Waals surface area contributed by atoms with Gasteiger partial charge in [-0.15, -0.1) is 0 Å². The van der Waals surface area contributed by atoms with Gasteiger partial charge in [-0.2, -0.15) is 0 Å². The van der Waals surface area contributed by atoms with Crippen molar-refractivity contribution in [3.8, 4) is 0 Å². The lowest BCUT2D eigenvalue weighted by Crippen LogP contribution is -2.35. The van der Waals surface area contributed by atoms with Gasteiger partial charge in [0.25, 0.3) is 0 Å². The number of hydrogen-bond donors (Lipinski definition) is 2. The summed E-state index contributed by atoms with van der Waals surface area (Å²) >= 11 is 0. The van der Waals surface area contributed by atoms with Crippen LogP contribution in [-0.2, 0) is 4.79 Å². The van der Waals surface area contributed by atoms with Gasteiger partial charge in [-0.05, 0) is 6.42 Å². The first-order valence-electron chi connectivity index (χ1n) is 3.11. The number of carbonyl (C=O) groups excluding carboxylic acids is 1. The zero-order chi connectivity index (χ0) is 7.28. The molecule has 0 aromatic rings. The standard InChI is InChI=1S/C6H13NO2/c1-2-3-5(7)6(9)4-8/h4-6,9H,2-3,7H2,1H3. The minimum Gasteiger partial charge on any atom is -0.384 e. The van der Waals surface area contributed by atoms with Crippen molar-refractivity contribution in [3.05, 3.63) is 0 Å². The molecule has 0 aromatic heterocycles. The Balaban J connectivity index is 3.44. The van der Waals surface area contributed by atoms with Gasteiger partial charge in [-0.1, -0.05) is 13.3 Å². The number of aliphatic hydroxyl groups excluding tert-OH is 1. The maximum atomic E-state index is 9.89. The van der Waals surface area contributed by atoms with Gasteiger partial charge in [0.2, 0.25) is 0 Å². The lowest BCUT2D eigenvalue weighted by Gasteiger charge is -2.10. The predicted molar refractivity (Wildman–Crippen MR) is 35.0 cm³/mol. The summed E-state index contributed by atoms with van der Waals surface area (Å²) in [7, 11) is 0. The van der Waals surface area contributed by atoms with Gasteiger partial charge in [-0.25, -0.2) is 0 Å². The van der Waals surface area contributed by atoms with E-state index in [1.807, 2.05) is 6.92 Å². The molecule has 0 heterocycles. The van der Waals surface area contributed by atoms with E-state index in [0.29, 0.717) is 12.7 Å². The van der Waals surface area contributed by atoms with E-state index in [1.165, 1.54) is 0 Å². The van der Waals surface area contributed by atoms with Gasteiger partial charge in [0.15, 0.2) is 0 Å². The third kappa shape index (κ3) is 3.21. The summed E-state index contributed by atoms with van der Waals surface area (Å²) in [6.45, 7) is 1.96. The summed E-state index contributed by atoms with van der Waals surface area (Å²) in [6, 6.07) is -0.382. The minimum absolute atomic E-state index is 0.382. The SMILES string of the molecule is CCCC(N)C(O)C=O. The van der Waals surface area contributed by atoms with E-state index in [0.717, 1.165) is 6.42 Å². The third-order valence-electron chi connectivity index (χ3n) is 1.20. The number of aldehydes is 1. The highest BCUT2D eigenvalue weighted by molar-refractivity contribution is 5.56. The second-order valence-corrected chi connectivity index (χ2v) is 2.08. The zero-order valence-electron chi connectivity index (χ0n) is 5.58. The highest BCUT2D eigenvalue weighted by Gasteiger charge is 2.10. The first-order chi connectivity index (χ1) is 4.22. The van der Waals surface area contributed by atoms with E-state index in [1.54, 1.807) is 0 Å². The van der Waals surface area contributed by atoms with Crippen molar-refractivity contribution in [3.63, 3.8) is 0 Å². The largest absolute Gasteiger partial charge is 0.384 e. The van der Waals surface area contributed by atoms with Crippen molar-refractivity contribution in [2.75, 3.05) is 0 Å². The number of hydrogen-bond acceptors (Lipinski definition) is 3. The molecular weight excluding hydrogens is 118 g/mol. The molecule has 2 atom stereocenters. The molecule has 0 aliphatic rings. The van der Waals surface area contributed by atoms with Gasteiger partial charge >= 0.3 is 0 Å². The molecule has 2 unspecified atom stereocenters. The zero-order valence-corrected chi connectivity index (χ0v) is 5.58. The Morgan fingerprint density at radius 1 is 1.78 bits per heavy atom. The van der Waals surface area contributed by atoms with Crippen molar-refractivity contribution in [2.45, 2.75) is 31.9 Å². The van der Waals surface area contributed by atoms with Crippen LogP contribution in [0, 0.1) is 0 Å². The summed E-state index contributed by atoms with van der Waals surface area (Å²) in [5.41, 5.74) is 5.36. The lowest BCUT2D eigenvalue weighted by atomic mass is 10.1. The Hall–Kier alpha value is -0.410. The summed E-state index contributed by atoms with van der Waals surface area (Å²) in [5.74, 6) is 0. The van der Waals surface area contributed by atoms with Crippen molar-refractivity contribution in [2.24, 2.45) is 5.73 Å². The molecule has 0 rings (SSSR count). The molecule has 0 aliphatic heterocycles. The molecule has 0 saturated carbocycles. The quantitative estimate of drug-likeness (QED) is 0.514. The normalized spacial score (nSPS) is 16.8. The van der Waals surface area contributed by atoms with E-state index in [9.17, 15) is 4.79 Å². The van der Waals surface area contributed by atoms with E-state index in [4.69, 9.17) is 10.8 Å². The number of rotatable bonds is 4. The molecule has 9 heavy (non-hydrogen) atoms. The molecule has 0 bridgehead atoms. The summed E-state index contributed by atoms with van der Waals surface area (Å²) in [4.78, 5) is 9.89. The molecule has 54 valence electrons. The highest BCUT2D eigenvalue weighted by atomic mass is 16.3. The van der Waals surface area contributed by atoms with E-state index >= 15 is 0 Å². The maximum Gasteiger partial charge on any atom is 0.150 e. The monoisotopic (exact) mass is 131 g/mol. The van der Waals surface area contributed by atoms with Crippen molar-refractivity contribution >= 4 is 6.29 Å². The van der Waals surface area contributed by atoms with Crippen LogP contribution in [0.4, 0.5) is 0 Å². The van der Waals surface area contributed by atoms with E-state index < -0.39 is 6.10 Å². The van der Waals surface area contributed by atoms with Crippen LogP contribution in [0.2, 0.25) is 0 Å². The van der Waals surface area contributed by atoms with E-state index in [-0.39, 0.29) is 6.04 Å². The molecule has 0 saturated heterocycles. The fraction of sp³-hybridized carbons (Fsp3) is 0.833. The summed E-state index contributed by atoms with van der Waals surface area (Å²) in [6.07, 6.45) is 1.08. The van der Waals surface area contributed by atoms with Crippen LogP contribution in [-0.4, -0.2) is 23.5 Å². The Bertz CT molecular complexity index is 85.1. The average Bonchev–Trinajstić information content (AvgIpc) is 1.87. The van der Waals surface area contributed by atoms with Crippen molar-refractivity contribution in [1.29, 1.82) is 0 Å². The van der Waals surface area contributed by atoms with Crippen LogP contribution in [0.25, 0.3) is 0 Å². The number of nitrogens with two attached hydrogens (primary N) is 1. The molecule has 3 N–H and O–H groups in total. The Kier molecular flexibility index (Phi) is 4.26. The van der Waals surface area contributed by atoms with Crippen molar-refractivity contribution < 1.29 is 9.90 Å². The Morgan fingerprint density at radius 2 is 2.33 bits per heavy atom. The van der Waals surface area contributed by atoms with Gasteiger partial charge in [0.05, 0.1) is 0 Å². The molecule has 3 nitrogen and oxygen atoms in total. The maximum absolute atomic E-state index is 9.89. The summed E-state index contributed by atoms with van der Waals surface area (Å²) in [5, 5.41) is 8.76. The van der Waals surface area contributed by atoms with Crippen LogP contribution in [0.1, 0.15) is 19.8 Å². The third-order valence-corrected chi connectivity index (χ3v) is 1.20. The van der Waals surface area contributed by atoms with Gasteiger partial charge < -0.3 is 15.6 Å². The molecule has 0 spiro atoms. The predicted octanol–water partition coefficient (Wildman–Crippen LogP) is -0.326. The fourth-order valence-corrected chi connectivity index (χ4v) is 0.605. The van der Waals surface area contributed by atoms with Crippen LogP contribution >= 0.6 is 0 Å².